The van der Waals surface area contributed by atoms with E-state index in [0.717, 1.165) is 19.1 Å². The first-order valence-corrected chi connectivity index (χ1v) is 9.34. The molecule has 0 saturated carbocycles. The van der Waals surface area contributed by atoms with Gasteiger partial charge in [0.15, 0.2) is 0 Å². The van der Waals surface area contributed by atoms with Crippen LogP contribution in [-0.4, -0.2) is 44.9 Å². The molecule has 126 valence electrons. The highest BCUT2D eigenvalue weighted by Crippen LogP contribution is 2.24. The van der Waals surface area contributed by atoms with Crippen molar-refractivity contribution < 1.29 is 18.3 Å². The van der Waals surface area contributed by atoms with Crippen LogP contribution in [0.3, 0.4) is 0 Å². The van der Waals surface area contributed by atoms with Crippen molar-refractivity contribution in [3.63, 3.8) is 0 Å². The van der Waals surface area contributed by atoms with Gasteiger partial charge in [-0.25, -0.2) is 13.1 Å². The van der Waals surface area contributed by atoms with E-state index in [1.807, 2.05) is 27.7 Å². The van der Waals surface area contributed by atoms with E-state index in [-0.39, 0.29) is 23.8 Å². The van der Waals surface area contributed by atoms with Crippen molar-refractivity contribution in [1.29, 1.82) is 0 Å². The average molecular weight is 322 g/mol. The summed E-state index contributed by atoms with van der Waals surface area (Å²) >= 11 is 0. The quantitative estimate of drug-likeness (QED) is 0.556. The van der Waals surface area contributed by atoms with Crippen LogP contribution in [0.15, 0.2) is 0 Å². The monoisotopic (exact) mass is 322 g/mol. The molecule has 0 aliphatic heterocycles. The van der Waals surface area contributed by atoms with Crippen LogP contribution in [0, 0.1) is 11.3 Å². The molecule has 0 bridgehead atoms. The van der Waals surface area contributed by atoms with Crippen LogP contribution in [0.4, 0.5) is 0 Å². The second-order valence-corrected chi connectivity index (χ2v) is 7.94. The van der Waals surface area contributed by atoms with Gasteiger partial charge in [-0.1, -0.05) is 27.7 Å². The van der Waals surface area contributed by atoms with Crippen LogP contribution >= 0.6 is 0 Å². The zero-order chi connectivity index (χ0) is 16.7. The van der Waals surface area contributed by atoms with Gasteiger partial charge in [0, 0.05) is 12.0 Å². The summed E-state index contributed by atoms with van der Waals surface area (Å²) in [6.07, 6.45) is 2.97. The molecular weight excluding hydrogens is 292 g/mol. The Morgan fingerprint density at radius 3 is 2.10 bits per heavy atom. The van der Waals surface area contributed by atoms with Gasteiger partial charge in [0.2, 0.25) is 15.9 Å². The second kappa shape index (κ2) is 8.70. The topological polar surface area (TPSA) is 95.5 Å². The third-order valence-corrected chi connectivity index (χ3v) is 4.57. The first kappa shape index (κ1) is 20.3. The molecule has 0 heterocycles. The van der Waals surface area contributed by atoms with E-state index in [0.29, 0.717) is 13.0 Å². The third-order valence-electron chi connectivity index (χ3n) is 3.85. The number of amides is 1. The summed E-state index contributed by atoms with van der Waals surface area (Å²) in [5.74, 6) is -0.149. The van der Waals surface area contributed by atoms with Crippen LogP contribution in [0.5, 0.6) is 0 Å². The summed E-state index contributed by atoms with van der Waals surface area (Å²) in [7, 11) is -3.44. The molecule has 0 aromatic rings. The minimum Gasteiger partial charge on any atom is -0.396 e. The Bertz CT molecular complexity index is 408. The Morgan fingerprint density at radius 1 is 1.24 bits per heavy atom. The number of hydrogen-bond donors (Lipinski definition) is 3. The van der Waals surface area contributed by atoms with Gasteiger partial charge >= 0.3 is 0 Å². The number of nitrogens with one attached hydrogen (secondary N) is 2. The molecule has 0 rings (SSSR count). The van der Waals surface area contributed by atoms with Crippen LogP contribution in [0.25, 0.3) is 0 Å². The molecule has 0 spiro atoms. The molecule has 1 atom stereocenters. The number of hydrogen-bond acceptors (Lipinski definition) is 4. The molecule has 1 unspecified atom stereocenters. The third kappa shape index (κ3) is 7.78. The van der Waals surface area contributed by atoms with E-state index < -0.39 is 16.1 Å². The molecule has 0 aromatic heterocycles. The highest BCUT2D eigenvalue weighted by atomic mass is 32.2. The van der Waals surface area contributed by atoms with Crippen LogP contribution < -0.4 is 10.0 Å². The summed E-state index contributed by atoms with van der Waals surface area (Å²) in [6, 6.07) is -0.773. The van der Waals surface area contributed by atoms with Gasteiger partial charge in [0.05, 0.1) is 12.9 Å². The van der Waals surface area contributed by atoms with Gasteiger partial charge in [-0.2, -0.15) is 0 Å². The predicted octanol–water partition coefficient (Wildman–Crippen LogP) is 0.865. The van der Waals surface area contributed by atoms with Crippen molar-refractivity contribution in [3.05, 3.63) is 0 Å². The van der Waals surface area contributed by atoms with Crippen molar-refractivity contribution in [3.8, 4) is 0 Å². The Hall–Kier alpha value is -0.660. The van der Waals surface area contributed by atoms with Crippen molar-refractivity contribution >= 4 is 15.9 Å². The number of carbonyl (C=O) groups excluding carboxylic acids is 1. The molecule has 0 aliphatic rings. The lowest BCUT2D eigenvalue weighted by molar-refractivity contribution is -0.123. The van der Waals surface area contributed by atoms with Crippen molar-refractivity contribution in [1.82, 2.24) is 10.0 Å². The Kier molecular flexibility index (Phi) is 8.43. The second-order valence-electron chi connectivity index (χ2n) is 6.16. The van der Waals surface area contributed by atoms with Gasteiger partial charge in [-0.3, -0.25) is 4.79 Å². The van der Waals surface area contributed by atoms with E-state index in [4.69, 9.17) is 0 Å². The summed E-state index contributed by atoms with van der Waals surface area (Å²) in [5, 5.41) is 12.3. The highest BCUT2D eigenvalue weighted by Gasteiger charge is 2.28. The first-order chi connectivity index (χ1) is 9.59. The molecule has 3 N–H and O–H groups in total. The minimum absolute atomic E-state index is 0.00533. The number of aliphatic hydroxyl groups excluding tert-OH is 1. The Morgan fingerprint density at radius 2 is 1.76 bits per heavy atom. The lowest BCUT2D eigenvalue weighted by Crippen LogP contribution is -2.50. The average Bonchev–Trinajstić information content (AvgIpc) is 2.38. The molecule has 21 heavy (non-hydrogen) atoms. The SMILES string of the molecule is CCC(CC)(CO)CNC(=O)C(CC(C)C)NS(C)(=O)=O. The van der Waals surface area contributed by atoms with Crippen LogP contribution in [-0.2, 0) is 14.8 Å². The molecule has 0 aliphatic carbocycles. The normalized spacial score (nSPS) is 14.2. The van der Waals surface area contributed by atoms with Crippen molar-refractivity contribution in [2.24, 2.45) is 11.3 Å². The number of aliphatic hydroxyl groups is 1. The maximum absolute atomic E-state index is 12.2. The van der Waals surface area contributed by atoms with Crippen LogP contribution in [0.2, 0.25) is 0 Å². The first-order valence-electron chi connectivity index (χ1n) is 7.45. The number of sulfonamides is 1. The van der Waals surface area contributed by atoms with E-state index in [9.17, 15) is 18.3 Å². The standard InChI is InChI=1S/C14H30N2O4S/c1-6-14(7-2,10-17)9-15-13(18)12(8-11(3)4)16-21(5,19)20/h11-12,16-17H,6-10H2,1-5H3,(H,15,18). The largest absolute Gasteiger partial charge is 0.396 e. The van der Waals surface area contributed by atoms with Crippen molar-refractivity contribution in [2.45, 2.75) is 53.0 Å². The van der Waals surface area contributed by atoms with Gasteiger partial charge in [0.1, 0.15) is 6.04 Å². The summed E-state index contributed by atoms with van der Waals surface area (Å²) in [6.45, 7) is 8.13. The van der Waals surface area contributed by atoms with Gasteiger partial charge < -0.3 is 10.4 Å². The maximum atomic E-state index is 12.2. The fourth-order valence-electron chi connectivity index (χ4n) is 2.12. The van der Waals surface area contributed by atoms with E-state index in [2.05, 4.69) is 10.0 Å². The van der Waals surface area contributed by atoms with Gasteiger partial charge in [-0.05, 0) is 25.2 Å². The predicted molar refractivity (Wildman–Crippen MR) is 84.3 cm³/mol. The highest BCUT2D eigenvalue weighted by molar-refractivity contribution is 7.88. The summed E-state index contributed by atoms with van der Waals surface area (Å²) in [5.41, 5.74) is -0.344. The van der Waals surface area contributed by atoms with Crippen molar-refractivity contribution in [2.75, 3.05) is 19.4 Å². The van der Waals surface area contributed by atoms with E-state index >= 15 is 0 Å². The number of carbonyl (C=O) groups is 1. The zero-order valence-electron chi connectivity index (χ0n) is 13.8. The van der Waals surface area contributed by atoms with Gasteiger partial charge in [0.25, 0.3) is 0 Å². The fraction of sp³-hybridized carbons (Fsp3) is 0.929. The Balaban J connectivity index is 4.82. The lowest BCUT2D eigenvalue weighted by Gasteiger charge is -2.30. The molecule has 0 radical (unpaired) electrons. The fourth-order valence-corrected chi connectivity index (χ4v) is 2.84. The summed E-state index contributed by atoms with van der Waals surface area (Å²) in [4.78, 5) is 12.2. The van der Waals surface area contributed by atoms with Crippen LogP contribution in [0.1, 0.15) is 47.0 Å². The summed E-state index contributed by atoms with van der Waals surface area (Å²) < 4.78 is 25.1. The Labute approximate surface area is 128 Å². The molecule has 1 amide bonds. The van der Waals surface area contributed by atoms with E-state index in [1.165, 1.54) is 0 Å². The zero-order valence-corrected chi connectivity index (χ0v) is 14.6. The maximum Gasteiger partial charge on any atom is 0.238 e. The molecule has 0 fully saturated rings. The van der Waals surface area contributed by atoms with Gasteiger partial charge in [-0.15, -0.1) is 0 Å². The molecule has 6 nitrogen and oxygen atoms in total. The number of rotatable bonds is 10. The smallest absolute Gasteiger partial charge is 0.238 e. The molecule has 0 saturated heterocycles. The minimum atomic E-state index is -3.44. The molecule has 0 aromatic carbocycles. The van der Waals surface area contributed by atoms with E-state index in [1.54, 1.807) is 0 Å². The lowest BCUT2D eigenvalue weighted by atomic mass is 9.83. The molecule has 7 heteroatoms. The molecular formula is C14H30N2O4S.